The van der Waals surface area contributed by atoms with Crippen molar-refractivity contribution in [3.05, 3.63) is 28.5 Å². The Hall–Kier alpha value is -1.14. The summed E-state index contributed by atoms with van der Waals surface area (Å²) in [5.74, 6) is 0.0728. The average molecular weight is 401 g/mol. The van der Waals surface area contributed by atoms with Crippen LogP contribution in [0.1, 0.15) is 33.6 Å². The van der Waals surface area contributed by atoms with Crippen LogP contribution in [0.3, 0.4) is 0 Å². The third kappa shape index (κ3) is 5.74. The highest BCUT2D eigenvalue weighted by molar-refractivity contribution is 9.10. The van der Waals surface area contributed by atoms with Crippen molar-refractivity contribution in [2.45, 2.75) is 45.8 Å². The predicted octanol–water partition coefficient (Wildman–Crippen LogP) is 3.59. The first-order chi connectivity index (χ1) is 11.3. The van der Waals surface area contributed by atoms with Crippen LogP contribution in [0.4, 0.5) is 4.39 Å². The lowest BCUT2D eigenvalue weighted by atomic mass is 10.0. The van der Waals surface area contributed by atoms with Gasteiger partial charge in [0.05, 0.1) is 0 Å². The van der Waals surface area contributed by atoms with Gasteiger partial charge in [0.15, 0.2) is 17.7 Å². The molecule has 134 valence electrons. The van der Waals surface area contributed by atoms with Crippen LogP contribution < -0.4 is 10.1 Å². The second kappa shape index (κ2) is 8.81. The lowest BCUT2D eigenvalue weighted by Crippen LogP contribution is -2.48. The lowest BCUT2D eigenvalue weighted by molar-refractivity contribution is -0.128. The number of ether oxygens (including phenoxy) is 1. The number of nitrogens with one attached hydrogen (secondary N) is 1. The molecule has 0 saturated carbocycles. The molecule has 1 saturated heterocycles. The van der Waals surface area contributed by atoms with Gasteiger partial charge in [0.2, 0.25) is 0 Å². The molecule has 0 aromatic heterocycles. The van der Waals surface area contributed by atoms with Gasteiger partial charge in [0.25, 0.3) is 5.91 Å². The molecule has 1 fully saturated rings. The second-order valence-electron chi connectivity index (χ2n) is 6.81. The van der Waals surface area contributed by atoms with Crippen molar-refractivity contribution in [2.24, 2.45) is 5.92 Å². The smallest absolute Gasteiger partial charge is 0.260 e. The maximum atomic E-state index is 13.8. The molecule has 4 nitrogen and oxygen atoms in total. The zero-order valence-corrected chi connectivity index (χ0v) is 16.1. The topological polar surface area (TPSA) is 41.6 Å². The molecule has 1 aliphatic heterocycles. The van der Waals surface area contributed by atoms with Gasteiger partial charge in [-0.15, -0.1) is 0 Å². The summed E-state index contributed by atoms with van der Waals surface area (Å²) >= 11 is 3.20. The van der Waals surface area contributed by atoms with Crippen molar-refractivity contribution in [3.8, 4) is 5.75 Å². The number of carbonyl (C=O) groups excluding carboxylic acids is 1. The van der Waals surface area contributed by atoms with Crippen LogP contribution in [0.25, 0.3) is 0 Å². The number of nitrogens with zero attached hydrogens (tertiary/aromatic N) is 1. The number of halogens is 2. The van der Waals surface area contributed by atoms with Crippen LogP contribution in [0.2, 0.25) is 0 Å². The van der Waals surface area contributed by atoms with E-state index < -0.39 is 11.9 Å². The quantitative estimate of drug-likeness (QED) is 0.792. The van der Waals surface area contributed by atoms with Crippen LogP contribution >= 0.6 is 15.9 Å². The van der Waals surface area contributed by atoms with Gasteiger partial charge >= 0.3 is 0 Å². The Balaban J connectivity index is 1.80. The van der Waals surface area contributed by atoms with Crippen molar-refractivity contribution in [1.29, 1.82) is 0 Å². The van der Waals surface area contributed by atoms with E-state index in [0.29, 0.717) is 10.4 Å². The number of rotatable bonds is 6. The van der Waals surface area contributed by atoms with E-state index in [0.717, 1.165) is 32.5 Å². The van der Waals surface area contributed by atoms with Gasteiger partial charge in [-0.3, -0.25) is 4.79 Å². The Morgan fingerprint density at radius 1 is 1.38 bits per heavy atom. The van der Waals surface area contributed by atoms with Crippen molar-refractivity contribution in [3.63, 3.8) is 0 Å². The number of likely N-dealkylation sites (tertiary alicyclic amines) is 1. The van der Waals surface area contributed by atoms with Crippen LogP contribution in [-0.4, -0.2) is 42.6 Å². The molecule has 0 aliphatic carbocycles. The summed E-state index contributed by atoms with van der Waals surface area (Å²) in [6.45, 7) is 9.18. The van der Waals surface area contributed by atoms with Crippen LogP contribution in [0, 0.1) is 11.7 Å². The Bertz CT molecular complexity index is 560. The van der Waals surface area contributed by atoms with E-state index in [1.165, 1.54) is 12.1 Å². The van der Waals surface area contributed by atoms with E-state index in [1.807, 2.05) is 0 Å². The molecule has 1 aliphatic rings. The van der Waals surface area contributed by atoms with E-state index in [4.69, 9.17) is 4.74 Å². The second-order valence-corrected chi connectivity index (χ2v) is 7.73. The summed E-state index contributed by atoms with van der Waals surface area (Å²) in [5, 5.41) is 3.02. The minimum atomic E-state index is -0.727. The van der Waals surface area contributed by atoms with Crippen molar-refractivity contribution < 1.29 is 13.9 Å². The molecule has 0 unspecified atom stereocenters. The standard InChI is InChI=1S/C18H26BrFN2O2/c1-12(2)11-22-8-6-15(7-9-22)21-18(23)13(3)24-17-5-4-14(19)10-16(17)20/h4-5,10,12-13,15H,6-9,11H2,1-3H3,(H,21,23)/t13-/m0/s1. The third-order valence-electron chi connectivity index (χ3n) is 4.12. The summed E-state index contributed by atoms with van der Waals surface area (Å²) in [4.78, 5) is 14.7. The van der Waals surface area contributed by atoms with Gasteiger partial charge in [0.1, 0.15) is 0 Å². The van der Waals surface area contributed by atoms with Gasteiger partial charge in [0, 0.05) is 30.1 Å². The molecule has 0 spiro atoms. The predicted molar refractivity (Wildman–Crippen MR) is 96.6 cm³/mol. The highest BCUT2D eigenvalue weighted by Crippen LogP contribution is 2.22. The van der Waals surface area contributed by atoms with Gasteiger partial charge < -0.3 is 15.0 Å². The van der Waals surface area contributed by atoms with Crippen LogP contribution in [0.15, 0.2) is 22.7 Å². The Morgan fingerprint density at radius 2 is 2.04 bits per heavy atom. The van der Waals surface area contributed by atoms with Gasteiger partial charge in [-0.2, -0.15) is 0 Å². The molecular formula is C18H26BrFN2O2. The molecule has 0 bridgehead atoms. The molecule has 1 N–H and O–H groups in total. The first kappa shape index (κ1) is 19.2. The van der Waals surface area contributed by atoms with Crippen LogP contribution in [0.5, 0.6) is 5.75 Å². The van der Waals surface area contributed by atoms with Crippen molar-refractivity contribution >= 4 is 21.8 Å². The minimum absolute atomic E-state index is 0.0904. The molecule has 0 radical (unpaired) electrons. The maximum absolute atomic E-state index is 13.8. The van der Waals surface area contributed by atoms with Crippen LogP contribution in [-0.2, 0) is 4.79 Å². The van der Waals surface area contributed by atoms with E-state index in [-0.39, 0.29) is 17.7 Å². The number of piperidine rings is 1. The number of benzene rings is 1. The Labute approximate surface area is 151 Å². The van der Waals surface area contributed by atoms with Gasteiger partial charge in [-0.25, -0.2) is 4.39 Å². The van der Waals surface area contributed by atoms with E-state index >= 15 is 0 Å². The normalized spacial score (nSPS) is 17.8. The maximum Gasteiger partial charge on any atom is 0.260 e. The molecule has 1 amide bonds. The monoisotopic (exact) mass is 400 g/mol. The fourth-order valence-corrected chi connectivity index (χ4v) is 3.24. The highest BCUT2D eigenvalue weighted by Gasteiger charge is 2.24. The molecule has 1 aromatic carbocycles. The number of carbonyl (C=O) groups is 1. The summed E-state index contributed by atoms with van der Waals surface area (Å²) in [6, 6.07) is 4.70. The zero-order valence-electron chi connectivity index (χ0n) is 14.5. The van der Waals surface area contributed by atoms with E-state index in [9.17, 15) is 9.18 Å². The molecule has 6 heteroatoms. The zero-order chi connectivity index (χ0) is 17.7. The van der Waals surface area contributed by atoms with Gasteiger partial charge in [-0.1, -0.05) is 29.8 Å². The molecule has 24 heavy (non-hydrogen) atoms. The van der Waals surface area contributed by atoms with E-state index in [2.05, 4.69) is 40.0 Å². The summed E-state index contributed by atoms with van der Waals surface area (Å²) < 4.78 is 19.9. The first-order valence-corrected chi connectivity index (χ1v) is 9.29. The summed E-state index contributed by atoms with van der Waals surface area (Å²) in [5.41, 5.74) is 0. The number of amides is 1. The van der Waals surface area contributed by atoms with Gasteiger partial charge in [-0.05, 0) is 43.9 Å². The van der Waals surface area contributed by atoms with Crippen molar-refractivity contribution in [2.75, 3.05) is 19.6 Å². The SMILES string of the molecule is CC(C)CN1CCC(NC(=O)[C@H](C)Oc2ccc(Br)cc2F)CC1. The number of hydrogen-bond donors (Lipinski definition) is 1. The summed E-state index contributed by atoms with van der Waals surface area (Å²) in [7, 11) is 0. The minimum Gasteiger partial charge on any atom is -0.478 e. The molecule has 1 heterocycles. The van der Waals surface area contributed by atoms with E-state index in [1.54, 1.807) is 13.0 Å². The number of hydrogen-bond acceptors (Lipinski definition) is 3. The third-order valence-corrected chi connectivity index (χ3v) is 4.62. The summed E-state index contributed by atoms with van der Waals surface area (Å²) in [6.07, 6.45) is 1.16. The average Bonchev–Trinajstić information content (AvgIpc) is 2.51. The molecular weight excluding hydrogens is 375 g/mol. The molecule has 1 atom stereocenters. The Morgan fingerprint density at radius 3 is 2.62 bits per heavy atom. The fourth-order valence-electron chi connectivity index (χ4n) is 2.91. The first-order valence-electron chi connectivity index (χ1n) is 8.49. The molecule has 2 rings (SSSR count). The largest absolute Gasteiger partial charge is 0.478 e. The highest BCUT2D eigenvalue weighted by atomic mass is 79.9. The fraction of sp³-hybridized carbons (Fsp3) is 0.611. The Kier molecular flexibility index (Phi) is 7.04. The lowest BCUT2D eigenvalue weighted by Gasteiger charge is -2.33. The molecule has 1 aromatic rings. The van der Waals surface area contributed by atoms with Crippen molar-refractivity contribution in [1.82, 2.24) is 10.2 Å².